The molecule has 1 saturated carbocycles. The summed E-state index contributed by atoms with van der Waals surface area (Å²) in [5, 5.41) is 0. The normalized spacial score (nSPS) is 18.0. The smallest absolute Gasteiger partial charge is 0.168 e. The van der Waals surface area contributed by atoms with Crippen molar-refractivity contribution in [1.29, 1.82) is 0 Å². The van der Waals surface area contributed by atoms with E-state index >= 15 is 0 Å². The Morgan fingerprint density at radius 3 is 2.47 bits per heavy atom. The van der Waals surface area contributed by atoms with Crippen molar-refractivity contribution in [3.8, 4) is 0 Å². The minimum Gasteiger partial charge on any atom is -0.294 e. The van der Waals surface area contributed by atoms with Crippen molar-refractivity contribution in [3.63, 3.8) is 0 Å². The highest BCUT2D eigenvalue weighted by atomic mass is 35.5. The molecule has 0 aliphatic heterocycles. The van der Waals surface area contributed by atoms with Gasteiger partial charge in [-0.3, -0.25) is 4.79 Å². The van der Waals surface area contributed by atoms with Gasteiger partial charge in [0.05, 0.1) is 4.34 Å². The first-order chi connectivity index (χ1) is 7.18. The Hall–Kier alpha value is -0.0500. The van der Waals surface area contributed by atoms with Crippen LogP contribution in [0.5, 0.6) is 0 Å². The van der Waals surface area contributed by atoms with Crippen LogP contribution in [0.1, 0.15) is 42.5 Å². The van der Waals surface area contributed by atoms with E-state index in [0.29, 0.717) is 14.2 Å². The molecule has 0 atom stereocenters. The van der Waals surface area contributed by atoms with Crippen LogP contribution in [0, 0.1) is 5.92 Å². The summed E-state index contributed by atoms with van der Waals surface area (Å²) in [7, 11) is 0. The third-order valence-electron chi connectivity index (χ3n) is 2.90. The number of halogens is 2. The Kier molecular flexibility index (Phi) is 3.70. The summed E-state index contributed by atoms with van der Waals surface area (Å²) in [4.78, 5) is 12.1. The minimum atomic E-state index is 0.168. The predicted molar refractivity (Wildman–Crippen MR) is 65.2 cm³/mol. The Morgan fingerprint density at radius 2 is 1.93 bits per heavy atom. The average molecular weight is 263 g/mol. The fourth-order valence-corrected chi connectivity index (χ4v) is 3.57. The molecule has 1 fully saturated rings. The number of rotatable bonds is 2. The topological polar surface area (TPSA) is 17.1 Å². The van der Waals surface area contributed by atoms with E-state index in [2.05, 4.69) is 0 Å². The molecule has 0 N–H and O–H groups in total. The Morgan fingerprint density at radius 1 is 1.27 bits per heavy atom. The molecule has 1 aliphatic rings. The zero-order valence-electron chi connectivity index (χ0n) is 8.26. The number of hydrogen-bond acceptors (Lipinski definition) is 2. The van der Waals surface area contributed by atoms with Crippen LogP contribution in [0.4, 0.5) is 0 Å². The van der Waals surface area contributed by atoms with Gasteiger partial charge in [0.1, 0.15) is 4.34 Å². The lowest BCUT2D eigenvalue weighted by molar-refractivity contribution is 0.0890. The van der Waals surface area contributed by atoms with Crippen LogP contribution in [0.2, 0.25) is 8.67 Å². The van der Waals surface area contributed by atoms with Crippen LogP contribution < -0.4 is 0 Å². The largest absolute Gasteiger partial charge is 0.294 e. The number of Topliss-reactive ketones (excluding diaryl/α,β-unsaturated/α-hetero) is 1. The molecule has 1 nitrogen and oxygen atoms in total. The molecule has 4 heteroatoms. The zero-order valence-corrected chi connectivity index (χ0v) is 10.6. The molecule has 0 unspecified atom stereocenters. The molecule has 1 aliphatic carbocycles. The van der Waals surface area contributed by atoms with Gasteiger partial charge in [0, 0.05) is 11.5 Å². The van der Waals surface area contributed by atoms with E-state index in [1.807, 2.05) is 0 Å². The molecule has 1 aromatic rings. The van der Waals surface area contributed by atoms with Crippen molar-refractivity contribution in [3.05, 3.63) is 20.3 Å². The number of hydrogen-bond donors (Lipinski definition) is 0. The van der Waals surface area contributed by atoms with E-state index in [0.717, 1.165) is 25.7 Å². The molecule has 0 radical (unpaired) electrons. The van der Waals surface area contributed by atoms with Gasteiger partial charge < -0.3 is 0 Å². The zero-order chi connectivity index (χ0) is 10.8. The molecule has 0 amide bonds. The van der Waals surface area contributed by atoms with E-state index in [9.17, 15) is 4.79 Å². The van der Waals surface area contributed by atoms with Gasteiger partial charge in [0.2, 0.25) is 0 Å². The number of carbonyl (C=O) groups excluding carboxylic acids is 1. The van der Waals surface area contributed by atoms with Gasteiger partial charge in [-0.15, -0.1) is 11.3 Å². The highest BCUT2D eigenvalue weighted by Gasteiger charge is 2.25. The molecule has 0 aromatic carbocycles. The molecular weight excluding hydrogens is 251 g/mol. The minimum absolute atomic E-state index is 0.168. The third kappa shape index (κ3) is 2.55. The van der Waals surface area contributed by atoms with Crippen LogP contribution in [0.15, 0.2) is 6.07 Å². The van der Waals surface area contributed by atoms with Crippen LogP contribution in [-0.4, -0.2) is 5.78 Å². The molecule has 0 bridgehead atoms. The molecule has 2 rings (SSSR count). The van der Waals surface area contributed by atoms with Crippen LogP contribution >= 0.6 is 34.5 Å². The molecule has 0 saturated heterocycles. The lowest BCUT2D eigenvalue weighted by Gasteiger charge is -2.19. The predicted octanol–water partition coefficient (Wildman–Crippen LogP) is 4.82. The van der Waals surface area contributed by atoms with Crippen molar-refractivity contribution in [1.82, 2.24) is 0 Å². The van der Waals surface area contributed by atoms with E-state index in [1.165, 1.54) is 17.8 Å². The first-order valence-corrected chi connectivity index (χ1v) is 6.75. The Labute approximate surface area is 103 Å². The van der Waals surface area contributed by atoms with E-state index in [1.54, 1.807) is 6.07 Å². The standard InChI is InChI=1S/C11H12Cl2OS/c12-9-6-8(11(13)15-9)10(14)7-4-2-1-3-5-7/h6-7H,1-5H2. The summed E-state index contributed by atoms with van der Waals surface area (Å²) in [6.45, 7) is 0. The lowest BCUT2D eigenvalue weighted by Crippen LogP contribution is -2.17. The van der Waals surface area contributed by atoms with Crippen LogP contribution in [-0.2, 0) is 0 Å². The second-order valence-corrected chi connectivity index (χ2v) is 6.22. The summed E-state index contributed by atoms with van der Waals surface area (Å²) in [6, 6.07) is 1.70. The Balaban J connectivity index is 2.16. The molecule has 1 heterocycles. The first-order valence-electron chi connectivity index (χ1n) is 5.17. The van der Waals surface area contributed by atoms with Gasteiger partial charge in [-0.05, 0) is 18.9 Å². The van der Waals surface area contributed by atoms with Gasteiger partial charge in [-0.25, -0.2) is 0 Å². The van der Waals surface area contributed by atoms with E-state index in [-0.39, 0.29) is 11.7 Å². The number of carbonyl (C=O) groups is 1. The van der Waals surface area contributed by atoms with Crippen molar-refractivity contribution in [2.45, 2.75) is 32.1 Å². The van der Waals surface area contributed by atoms with Gasteiger partial charge >= 0.3 is 0 Å². The lowest BCUT2D eigenvalue weighted by atomic mass is 9.84. The summed E-state index contributed by atoms with van der Waals surface area (Å²) < 4.78 is 1.13. The Bertz CT molecular complexity index is 367. The van der Waals surface area contributed by atoms with Gasteiger partial charge in [-0.2, -0.15) is 0 Å². The highest BCUT2D eigenvalue weighted by Crippen LogP contribution is 2.35. The van der Waals surface area contributed by atoms with Gasteiger partial charge in [0.15, 0.2) is 5.78 Å². The quantitative estimate of drug-likeness (QED) is 0.699. The highest BCUT2D eigenvalue weighted by molar-refractivity contribution is 7.20. The van der Waals surface area contributed by atoms with Crippen LogP contribution in [0.25, 0.3) is 0 Å². The molecule has 0 spiro atoms. The molecule has 15 heavy (non-hydrogen) atoms. The maximum atomic E-state index is 12.1. The second kappa shape index (κ2) is 4.86. The van der Waals surface area contributed by atoms with Crippen molar-refractivity contribution >= 4 is 40.3 Å². The fraction of sp³-hybridized carbons (Fsp3) is 0.545. The maximum Gasteiger partial charge on any atom is 0.168 e. The molecular formula is C11H12Cl2OS. The summed E-state index contributed by atoms with van der Waals surface area (Å²) in [6.07, 6.45) is 5.57. The monoisotopic (exact) mass is 262 g/mol. The van der Waals surface area contributed by atoms with Crippen molar-refractivity contribution < 1.29 is 4.79 Å². The summed E-state index contributed by atoms with van der Waals surface area (Å²) >= 11 is 13.1. The average Bonchev–Trinajstić information content (AvgIpc) is 2.58. The maximum absolute atomic E-state index is 12.1. The van der Waals surface area contributed by atoms with Crippen molar-refractivity contribution in [2.24, 2.45) is 5.92 Å². The summed E-state index contributed by atoms with van der Waals surface area (Å²) in [5.74, 6) is 0.352. The van der Waals surface area contributed by atoms with Gasteiger partial charge in [0.25, 0.3) is 0 Å². The van der Waals surface area contributed by atoms with Gasteiger partial charge in [-0.1, -0.05) is 42.5 Å². The second-order valence-electron chi connectivity index (χ2n) is 3.94. The molecule has 1 aromatic heterocycles. The van der Waals surface area contributed by atoms with Crippen LogP contribution in [0.3, 0.4) is 0 Å². The third-order valence-corrected chi connectivity index (χ3v) is 4.39. The molecule has 82 valence electrons. The van der Waals surface area contributed by atoms with Crippen molar-refractivity contribution in [2.75, 3.05) is 0 Å². The number of thiophene rings is 1. The summed E-state index contributed by atoms with van der Waals surface area (Å²) in [5.41, 5.74) is 0.624. The van der Waals surface area contributed by atoms with E-state index < -0.39 is 0 Å². The first kappa shape index (κ1) is 11.4. The van der Waals surface area contributed by atoms with E-state index in [4.69, 9.17) is 23.2 Å². The number of ketones is 1. The SMILES string of the molecule is O=C(c1cc(Cl)sc1Cl)C1CCCCC1. The fourth-order valence-electron chi connectivity index (χ4n) is 2.09.